The van der Waals surface area contributed by atoms with Crippen LogP contribution in [0.3, 0.4) is 0 Å². The largest absolute Gasteiger partial charge is 0.354 e. The number of halogens is 1. The molecule has 2 atom stereocenters. The number of carbonyl (C=O) groups is 2. The molecule has 3 rings (SSSR count). The van der Waals surface area contributed by atoms with Gasteiger partial charge >= 0.3 is 0 Å². The van der Waals surface area contributed by atoms with Crippen LogP contribution in [0.5, 0.6) is 0 Å². The van der Waals surface area contributed by atoms with Crippen molar-refractivity contribution < 1.29 is 9.59 Å². The average Bonchev–Trinajstić information content (AvgIpc) is 2.63. The standard InChI is InChI=1S/C20H22ClN3O2S/c1-24(2)16(13-6-4-3-5-7-13)12-22-19(25)11-18-20(26)23-15-10-14(21)8-9-17(15)27-18/h3-10,16,18H,11-12H2,1-2H3,(H,22,25)(H,23,26). The quantitative estimate of drug-likeness (QED) is 0.774. The first kappa shape index (κ1) is 19.7. The molecule has 0 aliphatic carbocycles. The van der Waals surface area contributed by atoms with E-state index in [0.29, 0.717) is 17.3 Å². The molecule has 0 saturated heterocycles. The molecule has 2 unspecified atom stereocenters. The zero-order valence-electron chi connectivity index (χ0n) is 15.2. The smallest absolute Gasteiger partial charge is 0.238 e. The third kappa shape index (κ3) is 5.03. The van der Waals surface area contributed by atoms with Gasteiger partial charge in [-0.25, -0.2) is 0 Å². The molecule has 2 amide bonds. The molecule has 2 aromatic rings. The highest BCUT2D eigenvalue weighted by Gasteiger charge is 2.29. The van der Waals surface area contributed by atoms with E-state index in [1.807, 2.05) is 50.5 Å². The number of thioether (sulfide) groups is 1. The van der Waals surface area contributed by atoms with E-state index in [2.05, 4.69) is 15.5 Å². The molecule has 0 bridgehead atoms. The second kappa shape index (κ2) is 8.78. The Morgan fingerprint density at radius 2 is 2.00 bits per heavy atom. The van der Waals surface area contributed by atoms with Crippen LogP contribution < -0.4 is 10.6 Å². The van der Waals surface area contributed by atoms with Gasteiger partial charge in [-0.3, -0.25) is 9.59 Å². The molecule has 2 aromatic carbocycles. The van der Waals surface area contributed by atoms with Crippen molar-refractivity contribution in [1.29, 1.82) is 0 Å². The Balaban J connectivity index is 1.59. The summed E-state index contributed by atoms with van der Waals surface area (Å²) >= 11 is 7.36. The summed E-state index contributed by atoms with van der Waals surface area (Å²) in [5.41, 5.74) is 1.84. The number of nitrogens with one attached hydrogen (secondary N) is 2. The minimum Gasteiger partial charge on any atom is -0.354 e. The summed E-state index contributed by atoms with van der Waals surface area (Å²) in [7, 11) is 3.96. The number of carbonyl (C=O) groups excluding carboxylic acids is 2. The van der Waals surface area contributed by atoms with Gasteiger partial charge in [0.1, 0.15) is 0 Å². The van der Waals surface area contributed by atoms with E-state index in [-0.39, 0.29) is 24.3 Å². The van der Waals surface area contributed by atoms with Crippen molar-refractivity contribution >= 4 is 40.9 Å². The molecule has 142 valence electrons. The van der Waals surface area contributed by atoms with Gasteiger partial charge in [0.05, 0.1) is 17.0 Å². The van der Waals surface area contributed by atoms with Crippen LogP contribution in [-0.4, -0.2) is 42.6 Å². The summed E-state index contributed by atoms with van der Waals surface area (Å²) < 4.78 is 0. The molecule has 0 saturated carbocycles. The third-order valence-corrected chi connectivity index (χ3v) is 5.94. The number of fused-ring (bicyclic) bond motifs is 1. The normalized spacial score (nSPS) is 17.2. The highest BCUT2D eigenvalue weighted by molar-refractivity contribution is 8.01. The maximum atomic E-state index is 12.4. The van der Waals surface area contributed by atoms with Gasteiger partial charge < -0.3 is 15.5 Å². The second-order valence-corrected chi connectivity index (χ2v) is 8.32. The summed E-state index contributed by atoms with van der Waals surface area (Å²) in [5, 5.41) is 5.92. The molecule has 1 aliphatic heterocycles. The molecular weight excluding hydrogens is 382 g/mol. The summed E-state index contributed by atoms with van der Waals surface area (Å²) in [6, 6.07) is 15.5. The van der Waals surface area contributed by atoms with E-state index >= 15 is 0 Å². The van der Waals surface area contributed by atoms with Crippen LogP contribution in [-0.2, 0) is 9.59 Å². The lowest BCUT2D eigenvalue weighted by Crippen LogP contribution is -2.38. The molecule has 0 fully saturated rings. The fourth-order valence-electron chi connectivity index (χ4n) is 2.98. The first-order valence-corrected chi connectivity index (χ1v) is 9.95. The lowest BCUT2D eigenvalue weighted by Gasteiger charge is -2.26. The SMILES string of the molecule is CN(C)C(CNC(=O)CC1Sc2ccc(Cl)cc2NC1=O)c1ccccc1. The predicted octanol–water partition coefficient (Wildman–Crippen LogP) is 3.56. The van der Waals surface area contributed by atoms with Crippen LogP contribution in [0.1, 0.15) is 18.0 Å². The third-order valence-electron chi connectivity index (χ3n) is 4.43. The van der Waals surface area contributed by atoms with Gasteiger partial charge in [-0.1, -0.05) is 41.9 Å². The Bertz CT molecular complexity index is 829. The highest BCUT2D eigenvalue weighted by atomic mass is 35.5. The van der Waals surface area contributed by atoms with Crippen molar-refractivity contribution in [3.8, 4) is 0 Å². The molecule has 1 heterocycles. The summed E-state index contributed by atoms with van der Waals surface area (Å²) in [5.74, 6) is -0.306. The van der Waals surface area contributed by atoms with E-state index in [0.717, 1.165) is 10.5 Å². The average molecular weight is 404 g/mol. The molecule has 2 N–H and O–H groups in total. The number of amides is 2. The second-order valence-electron chi connectivity index (χ2n) is 6.63. The molecule has 0 spiro atoms. The fourth-order valence-corrected chi connectivity index (χ4v) is 4.24. The fraction of sp³-hybridized carbons (Fsp3) is 0.300. The molecule has 0 radical (unpaired) electrons. The summed E-state index contributed by atoms with van der Waals surface area (Å²) in [4.78, 5) is 27.7. The Kier molecular flexibility index (Phi) is 6.42. The van der Waals surface area contributed by atoms with Crippen molar-refractivity contribution in [3.63, 3.8) is 0 Å². The van der Waals surface area contributed by atoms with Crippen molar-refractivity contribution in [1.82, 2.24) is 10.2 Å². The summed E-state index contributed by atoms with van der Waals surface area (Å²) in [6.45, 7) is 0.487. The van der Waals surface area contributed by atoms with Gasteiger partial charge in [0, 0.05) is 22.9 Å². The number of benzene rings is 2. The monoisotopic (exact) mass is 403 g/mol. The maximum absolute atomic E-state index is 12.4. The Morgan fingerprint density at radius 1 is 1.26 bits per heavy atom. The van der Waals surface area contributed by atoms with Gasteiger partial charge in [0.25, 0.3) is 0 Å². The molecular formula is C20H22ClN3O2S. The number of anilines is 1. The Hall–Kier alpha value is -2.02. The molecule has 5 nitrogen and oxygen atoms in total. The number of likely N-dealkylation sites (N-methyl/N-ethyl adjacent to an activating group) is 1. The van der Waals surface area contributed by atoms with E-state index in [9.17, 15) is 9.59 Å². The van der Waals surface area contributed by atoms with E-state index in [4.69, 9.17) is 11.6 Å². The number of hydrogen-bond donors (Lipinski definition) is 2. The first-order chi connectivity index (χ1) is 12.9. The summed E-state index contributed by atoms with van der Waals surface area (Å²) in [6.07, 6.45) is 0.132. The van der Waals surface area contributed by atoms with Crippen LogP contribution in [0.4, 0.5) is 5.69 Å². The lowest BCUT2D eigenvalue weighted by molar-refractivity contribution is -0.124. The minimum atomic E-state index is -0.451. The van der Waals surface area contributed by atoms with Crippen molar-refractivity contribution in [2.75, 3.05) is 26.0 Å². The molecule has 7 heteroatoms. The number of nitrogens with zero attached hydrogens (tertiary/aromatic N) is 1. The molecule has 0 aromatic heterocycles. The van der Waals surface area contributed by atoms with E-state index < -0.39 is 5.25 Å². The van der Waals surface area contributed by atoms with Crippen molar-refractivity contribution in [2.24, 2.45) is 0 Å². The Morgan fingerprint density at radius 3 is 2.70 bits per heavy atom. The van der Waals surface area contributed by atoms with Gasteiger partial charge in [-0.15, -0.1) is 11.8 Å². The van der Waals surface area contributed by atoms with Crippen LogP contribution >= 0.6 is 23.4 Å². The lowest BCUT2D eigenvalue weighted by atomic mass is 10.1. The van der Waals surface area contributed by atoms with Crippen LogP contribution in [0.2, 0.25) is 5.02 Å². The van der Waals surface area contributed by atoms with E-state index in [1.165, 1.54) is 11.8 Å². The van der Waals surface area contributed by atoms with Gasteiger partial charge in [-0.2, -0.15) is 0 Å². The van der Waals surface area contributed by atoms with Gasteiger partial charge in [0.2, 0.25) is 11.8 Å². The topological polar surface area (TPSA) is 61.4 Å². The highest BCUT2D eigenvalue weighted by Crippen LogP contribution is 2.38. The van der Waals surface area contributed by atoms with E-state index in [1.54, 1.807) is 12.1 Å². The zero-order chi connectivity index (χ0) is 19.4. The van der Waals surface area contributed by atoms with Crippen molar-refractivity contribution in [3.05, 3.63) is 59.1 Å². The molecule has 27 heavy (non-hydrogen) atoms. The predicted molar refractivity (Wildman–Crippen MR) is 110 cm³/mol. The van der Waals surface area contributed by atoms with Crippen molar-refractivity contribution in [2.45, 2.75) is 22.6 Å². The van der Waals surface area contributed by atoms with Crippen LogP contribution in [0, 0.1) is 0 Å². The van der Waals surface area contributed by atoms with Crippen LogP contribution in [0.15, 0.2) is 53.4 Å². The Labute approximate surface area is 168 Å². The number of hydrogen-bond acceptors (Lipinski definition) is 4. The minimum absolute atomic E-state index is 0.0749. The van der Waals surface area contributed by atoms with Crippen LogP contribution in [0.25, 0.3) is 0 Å². The first-order valence-electron chi connectivity index (χ1n) is 8.69. The number of rotatable bonds is 6. The zero-order valence-corrected chi connectivity index (χ0v) is 16.8. The van der Waals surface area contributed by atoms with Gasteiger partial charge in [0.15, 0.2) is 0 Å². The maximum Gasteiger partial charge on any atom is 0.238 e. The van der Waals surface area contributed by atoms with Gasteiger partial charge in [-0.05, 0) is 37.9 Å². The molecule has 1 aliphatic rings.